The second-order valence-corrected chi connectivity index (χ2v) is 7.08. The van der Waals surface area contributed by atoms with Crippen LogP contribution in [0.2, 0.25) is 0 Å². The first-order chi connectivity index (χ1) is 8.42. The van der Waals surface area contributed by atoms with Gasteiger partial charge in [-0.25, -0.2) is 0 Å². The molecule has 2 nitrogen and oxygen atoms in total. The third kappa shape index (κ3) is 6.19. The highest BCUT2D eigenvalue weighted by molar-refractivity contribution is 4.78. The Hall–Kier alpha value is -0.0800. The Labute approximate surface area is 115 Å². The van der Waals surface area contributed by atoms with Gasteiger partial charge in [-0.2, -0.15) is 0 Å². The summed E-state index contributed by atoms with van der Waals surface area (Å²) in [5.41, 5.74) is 0.258. The van der Waals surface area contributed by atoms with Gasteiger partial charge in [0.1, 0.15) is 0 Å². The summed E-state index contributed by atoms with van der Waals surface area (Å²) in [6.45, 7) is 15.2. The molecule has 0 amide bonds. The van der Waals surface area contributed by atoms with E-state index < -0.39 is 0 Å². The number of likely N-dealkylation sites (tertiary alicyclic amines) is 1. The number of piperidine rings is 1. The van der Waals surface area contributed by atoms with Crippen LogP contribution < -0.4 is 5.32 Å². The zero-order chi connectivity index (χ0) is 13.6. The Morgan fingerprint density at radius 1 is 1.22 bits per heavy atom. The summed E-state index contributed by atoms with van der Waals surface area (Å²) >= 11 is 0. The molecule has 1 saturated heterocycles. The van der Waals surface area contributed by atoms with E-state index in [9.17, 15) is 0 Å². The van der Waals surface area contributed by atoms with Gasteiger partial charge in [0.05, 0.1) is 0 Å². The third-order valence-electron chi connectivity index (χ3n) is 4.19. The Morgan fingerprint density at radius 3 is 2.33 bits per heavy atom. The highest BCUT2D eigenvalue weighted by atomic mass is 15.2. The van der Waals surface area contributed by atoms with E-state index in [0.717, 1.165) is 18.5 Å². The summed E-state index contributed by atoms with van der Waals surface area (Å²) in [6.07, 6.45) is 6.91. The Kier molecular flexibility index (Phi) is 6.65. The van der Waals surface area contributed by atoms with E-state index >= 15 is 0 Å². The van der Waals surface area contributed by atoms with E-state index in [4.69, 9.17) is 0 Å². The fourth-order valence-electron chi connectivity index (χ4n) is 2.93. The molecule has 0 aromatic carbocycles. The predicted molar refractivity (Wildman–Crippen MR) is 81.0 cm³/mol. The molecule has 0 spiro atoms. The van der Waals surface area contributed by atoms with Gasteiger partial charge in [0, 0.05) is 11.6 Å². The summed E-state index contributed by atoms with van der Waals surface area (Å²) in [6, 6.07) is 0.738. The zero-order valence-electron chi connectivity index (χ0n) is 13.3. The van der Waals surface area contributed by atoms with Crippen LogP contribution in [0.25, 0.3) is 0 Å². The van der Waals surface area contributed by atoms with Gasteiger partial charge in [-0.15, -0.1) is 0 Å². The van der Waals surface area contributed by atoms with Crippen LogP contribution in [0.4, 0.5) is 0 Å². The van der Waals surface area contributed by atoms with E-state index in [1.807, 2.05) is 0 Å². The molecular weight excluding hydrogens is 220 g/mol. The van der Waals surface area contributed by atoms with Crippen molar-refractivity contribution in [2.75, 3.05) is 19.6 Å². The normalized spacial score (nSPS) is 21.2. The molecule has 1 aliphatic rings. The van der Waals surface area contributed by atoms with E-state index in [1.54, 1.807) is 0 Å². The largest absolute Gasteiger partial charge is 0.312 e. The van der Waals surface area contributed by atoms with Crippen LogP contribution in [0.15, 0.2) is 0 Å². The van der Waals surface area contributed by atoms with E-state index in [2.05, 4.69) is 44.8 Å². The standard InChI is InChI=1S/C16H34N2/c1-6-7-15-9-12-18(13-10-15)14(2)8-11-17-16(3,4)5/h14-15,17H,6-13H2,1-5H3. The molecule has 1 rings (SSSR count). The molecule has 18 heavy (non-hydrogen) atoms. The van der Waals surface area contributed by atoms with Gasteiger partial charge >= 0.3 is 0 Å². The summed E-state index contributed by atoms with van der Waals surface area (Å²) in [4.78, 5) is 2.69. The van der Waals surface area contributed by atoms with Crippen LogP contribution >= 0.6 is 0 Å². The molecule has 1 heterocycles. The average molecular weight is 254 g/mol. The van der Waals surface area contributed by atoms with Gasteiger partial charge in [0.2, 0.25) is 0 Å². The van der Waals surface area contributed by atoms with E-state index in [0.29, 0.717) is 0 Å². The fourth-order valence-corrected chi connectivity index (χ4v) is 2.93. The van der Waals surface area contributed by atoms with Crippen LogP contribution in [0, 0.1) is 5.92 Å². The maximum absolute atomic E-state index is 3.59. The van der Waals surface area contributed by atoms with Gasteiger partial charge in [0.15, 0.2) is 0 Å². The van der Waals surface area contributed by atoms with E-state index in [-0.39, 0.29) is 5.54 Å². The lowest BCUT2D eigenvalue weighted by molar-refractivity contribution is 0.130. The first-order valence-corrected chi connectivity index (χ1v) is 7.91. The van der Waals surface area contributed by atoms with Gasteiger partial charge in [0.25, 0.3) is 0 Å². The van der Waals surface area contributed by atoms with Crippen molar-refractivity contribution in [1.29, 1.82) is 0 Å². The highest BCUT2D eigenvalue weighted by Crippen LogP contribution is 2.23. The van der Waals surface area contributed by atoms with Crippen LogP contribution in [-0.4, -0.2) is 36.1 Å². The van der Waals surface area contributed by atoms with Crippen LogP contribution in [0.3, 0.4) is 0 Å². The Balaban J connectivity index is 2.17. The molecule has 2 heteroatoms. The van der Waals surface area contributed by atoms with E-state index in [1.165, 1.54) is 45.2 Å². The molecule has 0 aromatic heterocycles. The lowest BCUT2D eigenvalue weighted by atomic mass is 9.91. The maximum atomic E-state index is 3.59. The number of nitrogens with zero attached hydrogens (tertiary/aromatic N) is 1. The topological polar surface area (TPSA) is 15.3 Å². The minimum absolute atomic E-state index is 0.258. The second-order valence-electron chi connectivity index (χ2n) is 7.08. The summed E-state index contributed by atoms with van der Waals surface area (Å²) in [5, 5.41) is 3.59. The molecule has 1 fully saturated rings. The monoisotopic (exact) mass is 254 g/mol. The van der Waals surface area contributed by atoms with Crippen molar-refractivity contribution in [2.24, 2.45) is 5.92 Å². The van der Waals surface area contributed by atoms with Gasteiger partial charge in [-0.1, -0.05) is 19.8 Å². The quantitative estimate of drug-likeness (QED) is 0.778. The van der Waals surface area contributed by atoms with Gasteiger partial charge < -0.3 is 10.2 Å². The molecule has 0 bridgehead atoms. The summed E-state index contributed by atoms with van der Waals surface area (Å²) in [5.74, 6) is 1.01. The first-order valence-electron chi connectivity index (χ1n) is 7.91. The summed E-state index contributed by atoms with van der Waals surface area (Å²) < 4.78 is 0. The first kappa shape index (κ1) is 16.0. The number of rotatable bonds is 6. The molecule has 108 valence electrons. The van der Waals surface area contributed by atoms with Crippen molar-refractivity contribution in [2.45, 2.75) is 78.3 Å². The smallest absolute Gasteiger partial charge is 0.00965 e. The van der Waals surface area contributed by atoms with Crippen molar-refractivity contribution in [3.05, 3.63) is 0 Å². The molecule has 1 unspecified atom stereocenters. The zero-order valence-corrected chi connectivity index (χ0v) is 13.3. The maximum Gasteiger partial charge on any atom is 0.00965 e. The summed E-state index contributed by atoms with van der Waals surface area (Å²) in [7, 11) is 0. The highest BCUT2D eigenvalue weighted by Gasteiger charge is 2.22. The third-order valence-corrected chi connectivity index (χ3v) is 4.19. The number of hydrogen-bond donors (Lipinski definition) is 1. The number of nitrogens with one attached hydrogen (secondary N) is 1. The molecule has 0 radical (unpaired) electrons. The van der Waals surface area contributed by atoms with Crippen molar-refractivity contribution >= 4 is 0 Å². The van der Waals surface area contributed by atoms with Crippen molar-refractivity contribution in [3.63, 3.8) is 0 Å². The molecular formula is C16H34N2. The van der Waals surface area contributed by atoms with Crippen LogP contribution in [0.1, 0.15) is 66.7 Å². The molecule has 0 saturated carbocycles. The lowest BCUT2D eigenvalue weighted by Gasteiger charge is -2.36. The predicted octanol–water partition coefficient (Wildman–Crippen LogP) is 3.67. The number of hydrogen-bond acceptors (Lipinski definition) is 2. The van der Waals surface area contributed by atoms with Gasteiger partial charge in [-0.3, -0.25) is 0 Å². The lowest BCUT2D eigenvalue weighted by Crippen LogP contribution is -2.43. The SMILES string of the molecule is CCCC1CCN(C(C)CCNC(C)(C)C)CC1. The molecule has 1 N–H and O–H groups in total. The van der Waals surface area contributed by atoms with Crippen molar-refractivity contribution < 1.29 is 0 Å². The van der Waals surface area contributed by atoms with Crippen molar-refractivity contribution in [3.8, 4) is 0 Å². The minimum Gasteiger partial charge on any atom is -0.312 e. The molecule has 1 aliphatic heterocycles. The molecule has 0 aliphatic carbocycles. The van der Waals surface area contributed by atoms with Gasteiger partial charge in [-0.05, 0) is 72.5 Å². The van der Waals surface area contributed by atoms with Crippen LogP contribution in [0.5, 0.6) is 0 Å². The minimum atomic E-state index is 0.258. The molecule has 1 atom stereocenters. The van der Waals surface area contributed by atoms with Crippen LogP contribution in [-0.2, 0) is 0 Å². The Morgan fingerprint density at radius 2 is 1.83 bits per heavy atom. The fraction of sp³-hybridized carbons (Fsp3) is 1.00. The molecule has 0 aromatic rings. The Bertz CT molecular complexity index is 212. The average Bonchev–Trinajstić information content (AvgIpc) is 2.28. The second kappa shape index (κ2) is 7.49. The van der Waals surface area contributed by atoms with Crippen molar-refractivity contribution in [1.82, 2.24) is 10.2 Å².